The Hall–Kier alpha value is -1.40. The van der Waals surface area contributed by atoms with Crippen LogP contribution < -0.4 is 5.32 Å². The summed E-state index contributed by atoms with van der Waals surface area (Å²) in [6.45, 7) is 4.51. The van der Waals surface area contributed by atoms with Crippen molar-refractivity contribution in [2.75, 3.05) is 18.8 Å². The molecule has 0 radical (unpaired) electrons. The van der Waals surface area contributed by atoms with Crippen LogP contribution in [-0.2, 0) is 16.6 Å². The van der Waals surface area contributed by atoms with Gasteiger partial charge in [-0.1, -0.05) is 30.3 Å². The van der Waals surface area contributed by atoms with Crippen LogP contribution in [0.1, 0.15) is 32.3 Å². The van der Waals surface area contributed by atoms with Gasteiger partial charge in [-0.25, -0.2) is 4.79 Å². The Morgan fingerprint density at radius 3 is 2.74 bits per heavy atom. The van der Waals surface area contributed by atoms with E-state index in [9.17, 15) is 14.1 Å². The Balaban J connectivity index is 1.75. The maximum atomic E-state index is 12.2. The fraction of sp³-hybridized carbons (Fsp3) is 0.588. The monoisotopic (exact) mass is 338 g/mol. The van der Waals surface area contributed by atoms with Crippen molar-refractivity contribution in [2.45, 2.75) is 44.1 Å². The SMILES string of the molecule is CC(C)(O)[C@H]1CCCN1C(=O)NCC[S@](=O)Cc1ccccc1. The van der Waals surface area contributed by atoms with Gasteiger partial charge in [0.1, 0.15) is 0 Å². The largest absolute Gasteiger partial charge is 0.388 e. The minimum atomic E-state index is -0.997. The summed E-state index contributed by atoms with van der Waals surface area (Å²) in [5.74, 6) is 0.939. The van der Waals surface area contributed by atoms with Gasteiger partial charge in [0.05, 0.1) is 11.6 Å². The Morgan fingerprint density at radius 2 is 2.09 bits per heavy atom. The minimum absolute atomic E-state index is 0.155. The van der Waals surface area contributed by atoms with Crippen LogP contribution in [-0.4, -0.2) is 50.7 Å². The predicted molar refractivity (Wildman–Crippen MR) is 92.6 cm³/mol. The highest BCUT2D eigenvalue weighted by Gasteiger charge is 2.38. The highest BCUT2D eigenvalue weighted by molar-refractivity contribution is 7.84. The maximum Gasteiger partial charge on any atom is 0.317 e. The average molecular weight is 338 g/mol. The molecule has 2 amide bonds. The first-order valence-electron chi connectivity index (χ1n) is 8.03. The smallest absolute Gasteiger partial charge is 0.317 e. The summed E-state index contributed by atoms with van der Waals surface area (Å²) in [6, 6.07) is 9.37. The lowest BCUT2D eigenvalue weighted by atomic mass is 9.97. The molecule has 2 rings (SSSR count). The van der Waals surface area contributed by atoms with Crippen LogP contribution in [0.2, 0.25) is 0 Å². The van der Waals surface area contributed by atoms with Crippen LogP contribution in [0.15, 0.2) is 30.3 Å². The summed E-state index contributed by atoms with van der Waals surface area (Å²) >= 11 is 0. The second-order valence-corrected chi connectivity index (χ2v) is 8.09. The topological polar surface area (TPSA) is 69.6 Å². The van der Waals surface area contributed by atoms with Gasteiger partial charge in [0.15, 0.2) is 0 Å². The number of hydrogen-bond donors (Lipinski definition) is 2. The highest BCUT2D eigenvalue weighted by Crippen LogP contribution is 2.26. The number of nitrogens with zero attached hydrogens (tertiary/aromatic N) is 1. The summed E-state index contributed by atoms with van der Waals surface area (Å²) in [6.07, 6.45) is 1.72. The second kappa shape index (κ2) is 7.93. The number of nitrogens with one attached hydrogen (secondary N) is 1. The number of carbonyl (C=O) groups is 1. The standard InChI is InChI=1S/C17H26N2O3S/c1-17(2,21)15-9-6-11-19(15)16(20)18-10-12-23(22)13-14-7-4-3-5-8-14/h3-5,7-8,15,21H,6,9-13H2,1-2H3,(H,18,20)/t15-,23+/m1/s1. The average Bonchev–Trinajstić information content (AvgIpc) is 2.98. The molecule has 1 aliphatic rings. The number of urea groups is 1. The summed E-state index contributed by atoms with van der Waals surface area (Å²) in [5.41, 5.74) is 0.142. The van der Waals surface area contributed by atoms with Crippen LogP contribution in [0.3, 0.4) is 0 Å². The molecular weight excluding hydrogens is 312 g/mol. The number of hydrogen-bond acceptors (Lipinski definition) is 3. The zero-order chi connectivity index (χ0) is 16.9. The van der Waals surface area contributed by atoms with E-state index in [2.05, 4.69) is 5.32 Å². The van der Waals surface area contributed by atoms with Gasteiger partial charge in [-0.2, -0.15) is 0 Å². The molecule has 5 nitrogen and oxygen atoms in total. The lowest BCUT2D eigenvalue weighted by Gasteiger charge is -2.33. The van der Waals surface area contributed by atoms with Gasteiger partial charge in [0, 0.05) is 35.4 Å². The van der Waals surface area contributed by atoms with Gasteiger partial charge in [-0.05, 0) is 32.3 Å². The maximum absolute atomic E-state index is 12.2. The molecule has 1 aromatic carbocycles. The van der Waals surface area contributed by atoms with Gasteiger partial charge in [0.25, 0.3) is 0 Å². The molecule has 128 valence electrons. The Bertz CT molecular complexity index is 543. The Kier molecular flexibility index (Phi) is 6.18. The molecule has 23 heavy (non-hydrogen) atoms. The Morgan fingerprint density at radius 1 is 1.39 bits per heavy atom. The van der Waals surface area contributed by atoms with Gasteiger partial charge in [-0.15, -0.1) is 0 Å². The first-order chi connectivity index (χ1) is 10.9. The van der Waals surface area contributed by atoms with Crippen molar-refractivity contribution >= 4 is 16.8 Å². The molecule has 2 atom stereocenters. The van der Waals surface area contributed by atoms with Crippen LogP contribution in [0.4, 0.5) is 4.79 Å². The third kappa shape index (κ3) is 5.32. The third-order valence-corrected chi connectivity index (χ3v) is 5.42. The van der Waals surface area contributed by atoms with E-state index in [1.807, 2.05) is 30.3 Å². The quantitative estimate of drug-likeness (QED) is 0.832. The molecule has 0 bridgehead atoms. The molecule has 0 unspecified atom stereocenters. The van der Waals surface area contributed by atoms with E-state index in [-0.39, 0.29) is 12.1 Å². The van der Waals surface area contributed by atoms with E-state index >= 15 is 0 Å². The van der Waals surface area contributed by atoms with E-state index in [0.717, 1.165) is 18.4 Å². The molecule has 0 spiro atoms. The van der Waals surface area contributed by atoms with Crippen LogP contribution in [0, 0.1) is 0 Å². The molecule has 0 saturated carbocycles. The zero-order valence-corrected chi connectivity index (χ0v) is 14.6. The van der Waals surface area contributed by atoms with Crippen molar-refractivity contribution in [3.63, 3.8) is 0 Å². The molecule has 1 aromatic rings. The van der Waals surface area contributed by atoms with Crippen molar-refractivity contribution in [1.82, 2.24) is 10.2 Å². The second-order valence-electron chi connectivity index (χ2n) is 6.51. The van der Waals surface area contributed by atoms with Gasteiger partial charge >= 0.3 is 6.03 Å². The normalized spacial score (nSPS) is 19.6. The first-order valence-corrected chi connectivity index (χ1v) is 9.52. The number of benzene rings is 1. The molecule has 1 saturated heterocycles. The lowest BCUT2D eigenvalue weighted by molar-refractivity contribution is 0.00991. The van der Waals surface area contributed by atoms with E-state index in [4.69, 9.17) is 0 Å². The molecule has 6 heteroatoms. The predicted octanol–water partition coefficient (Wildman–Crippen LogP) is 1.88. The minimum Gasteiger partial charge on any atom is -0.388 e. The van der Waals surface area contributed by atoms with E-state index in [1.165, 1.54) is 0 Å². The summed E-state index contributed by atoms with van der Waals surface area (Å²) in [5, 5.41) is 13.0. The number of amides is 2. The van der Waals surface area contributed by atoms with E-state index in [0.29, 0.717) is 24.6 Å². The molecule has 0 aliphatic carbocycles. The number of aliphatic hydroxyl groups is 1. The molecule has 1 aliphatic heterocycles. The molecule has 2 N–H and O–H groups in total. The molecular formula is C17H26N2O3S. The summed E-state index contributed by atoms with van der Waals surface area (Å²) < 4.78 is 12.0. The van der Waals surface area contributed by atoms with E-state index < -0.39 is 16.4 Å². The molecule has 1 heterocycles. The van der Waals surface area contributed by atoms with Crippen molar-refractivity contribution in [1.29, 1.82) is 0 Å². The zero-order valence-electron chi connectivity index (χ0n) is 13.8. The number of carbonyl (C=O) groups excluding carboxylic acids is 1. The van der Waals surface area contributed by atoms with Gasteiger partial charge < -0.3 is 15.3 Å². The van der Waals surface area contributed by atoms with Gasteiger partial charge in [0.2, 0.25) is 0 Å². The van der Waals surface area contributed by atoms with Gasteiger partial charge in [-0.3, -0.25) is 4.21 Å². The highest BCUT2D eigenvalue weighted by atomic mass is 32.2. The summed E-state index contributed by atoms with van der Waals surface area (Å²) in [4.78, 5) is 13.9. The first kappa shape index (κ1) is 17.9. The van der Waals surface area contributed by atoms with Crippen molar-refractivity contribution in [3.8, 4) is 0 Å². The van der Waals surface area contributed by atoms with E-state index in [1.54, 1.807) is 18.7 Å². The number of likely N-dealkylation sites (tertiary alicyclic amines) is 1. The Labute approximate surface area is 140 Å². The third-order valence-electron chi connectivity index (χ3n) is 4.11. The van der Waals surface area contributed by atoms with Crippen molar-refractivity contribution < 1.29 is 14.1 Å². The van der Waals surface area contributed by atoms with Crippen molar-refractivity contribution in [2.24, 2.45) is 0 Å². The fourth-order valence-electron chi connectivity index (χ4n) is 2.95. The lowest BCUT2D eigenvalue weighted by Crippen LogP contribution is -2.51. The van der Waals surface area contributed by atoms with Crippen LogP contribution >= 0.6 is 0 Å². The van der Waals surface area contributed by atoms with Crippen LogP contribution in [0.5, 0.6) is 0 Å². The number of rotatable bonds is 6. The molecule has 0 aromatic heterocycles. The van der Waals surface area contributed by atoms with Crippen LogP contribution in [0.25, 0.3) is 0 Å². The fourth-order valence-corrected chi connectivity index (χ4v) is 3.99. The molecule has 1 fully saturated rings. The summed E-state index contributed by atoms with van der Waals surface area (Å²) in [7, 11) is -0.997. The van der Waals surface area contributed by atoms with Crippen molar-refractivity contribution in [3.05, 3.63) is 35.9 Å².